The van der Waals surface area contributed by atoms with Gasteiger partial charge in [0.2, 0.25) is 5.91 Å². The quantitative estimate of drug-likeness (QED) is 0.422. The number of methoxy groups -OCH3 is 1. The molecule has 0 radical (unpaired) electrons. The zero-order chi connectivity index (χ0) is 25.2. The summed E-state index contributed by atoms with van der Waals surface area (Å²) in [6.07, 6.45) is 6.89. The van der Waals surface area contributed by atoms with Crippen molar-refractivity contribution in [3.05, 3.63) is 77.4 Å². The van der Waals surface area contributed by atoms with Crippen molar-refractivity contribution < 1.29 is 9.53 Å². The molecule has 0 bridgehead atoms. The Morgan fingerprint density at radius 2 is 1.92 bits per heavy atom. The predicted molar refractivity (Wildman–Crippen MR) is 146 cm³/mol. The van der Waals surface area contributed by atoms with Gasteiger partial charge in [-0.1, -0.05) is 18.9 Å². The Morgan fingerprint density at radius 1 is 1.17 bits per heavy atom. The van der Waals surface area contributed by atoms with Crippen molar-refractivity contribution in [1.82, 2.24) is 14.9 Å². The van der Waals surface area contributed by atoms with Crippen molar-refractivity contribution in [3.8, 4) is 0 Å². The van der Waals surface area contributed by atoms with Gasteiger partial charge >= 0.3 is 0 Å². The van der Waals surface area contributed by atoms with Gasteiger partial charge in [0.15, 0.2) is 5.11 Å². The molecule has 2 aromatic heterocycles. The van der Waals surface area contributed by atoms with Crippen molar-refractivity contribution in [2.75, 3.05) is 23.9 Å². The van der Waals surface area contributed by atoms with Gasteiger partial charge in [-0.15, -0.1) is 0 Å². The lowest BCUT2D eigenvalue weighted by Gasteiger charge is -2.28. The number of anilines is 2. The van der Waals surface area contributed by atoms with Crippen LogP contribution in [0.4, 0.5) is 11.4 Å². The second kappa shape index (κ2) is 10.4. The van der Waals surface area contributed by atoms with Gasteiger partial charge in [-0.25, -0.2) is 0 Å². The summed E-state index contributed by atoms with van der Waals surface area (Å²) in [6.45, 7) is 4.48. The van der Waals surface area contributed by atoms with Gasteiger partial charge < -0.3 is 24.8 Å². The van der Waals surface area contributed by atoms with E-state index in [0.29, 0.717) is 11.2 Å². The monoisotopic (exact) mass is 503 g/mol. The maximum Gasteiger partial charge on any atom is 0.250 e. The molecule has 1 aliphatic carbocycles. The zero-order valence-corrected chi connectivity index (χ0v) is 21.8. The van der Waals surface area contributed by atoms with Gasteiger partial charge in [-0.2, -0.15) is 0 Å². The number of thiocarbonyl (C=S) groups is 1. The first-order valence-electron chi connectivity index (χ1n) is 12.6. The first-order chi connectivity index (χ1) is 17.5. The van der Waals surface area contributed by atoms with Gasteiger partial charge in [0, 0.05) is 42.1 Å². The van der Waals surface area contributed by atoms with Crippen molar-refractivity contribution in [3.63, 3.8) is 0 Å². The van der Waals surface area contributed by atoms with E-state index in [1.165, 1.54) is 49.7 Å². The third kappa shape index (κ3) is 4.63. The van der Waals surface area contributed by atoms with Gasteiger partial charge in [0.25, 0.3) is 0 Å². The average molecular weight is 504 g/mol. The Kier molecular flexibility index (Phi) is 7.07. The van der Waals surface area contributed by atoms with Crippen LogP contribution in [0.25, 0.3) is 0 Å². The lowest BCUT2D eigenvalue weighted by molar-refractivity contribution is -0.119. The Hall–Kier alpha value is -3.23. The first kappa shape index (κ1) is 24.5. The number of carbonyl (C=O) groups excluding carboxylic acids is 1. The highest BCUT2D eigenvalue weighted by Crippen LogP contribution is 2.45. The van der Waals surface area contributed by atoms with E-state index in [9.17, 15) is 4.79 Å². The predicted octanol–water partition coefficient (Wildman–Crippen LogP) is 5.38. The molecule has 1 saturated carbocycles. The molecule has 3 heterocycles. The summed E-state index contributed by atoms with van der Waals surface area (Å²) in [6, 6.07) is 16.6. The van der Waals surface area contributed by atoms with Crippen molar-refractivity contribution >= 4 is 34.6 Å². The number of rotatable bonds is 7. The summed E-state index contributed by atoms with van der Waals surface area (Å²) in [5.41, 5.74) is 6.50. The van der Waals surface area contributed by atoms with Crippen LogP contribution in [0, 0.1) is 13.8 Å². The molecule has 5 rings (SSSR count). The van der Waals surface area contributed by atoms with E-state index in [0.717, 1.165) is 17.1 Å². The maximum absolute atomic E-state index is 11.9. The van der Waals surface area contributed by atoms with Crippen molar-refractivity contribution in [1.29, 1.82) is 0 Å². The fourth-order valence-corrected chi connectivity index (χ4v) is 6.15. The van der Waals surface area contributed by atoms with Gasteiger partial charge in [-0.05, 0) is 86.9 Å². The standard InChI is InChI=1S/C28H33N5O2S/c1-18-16-23(19(2)32(18)21-8-4-5-9-21)27-26(24-10-6-7-15-29-24)31-28(36)33(27)22-13-11-20(12-14-22)30-25(34)17-35-3/h6-7,10-16,21,26-27H,4-5,8-9,17H2,1-3H3,(H,30,34)(H,31,36)/t26-,27+/m1/s1. The molecule has 2 aliphatic rings. The highest BCUT2D eigenvalue weighted by atomic mass is 32.1. The van der Waals surface area contributed by atoms with Crippen LogP contribution in [-0.4, -0.2) is 34.3 Å². The minimum absolute atomic E-state index is 0.0202. The molecule has 1 aromatic carbocycles. The highest BCUT2D eigenvalue weighted by Gasteiger charge is 2.42. The first-order valence-corrected chi connectivity index (χ1v) is 13.0. The molecule has 3 aromatic rings. The summed E-state index contributed by atoms with van der Waals surface area (Å²) in [4.78, 5) is 18.8. The Labute approximate surface area is 217 Å². The number of hydrogen-bond donors (Lipinski definition) is 2. The topological polar surface area (TPSA) is 71.4 Å². The van der Waals surface area contributed by atoms with E-state index in [1.54, 1.807) is 0 Å². The number of carbonyl (C=O) groups is 1. The van der Waals surface area contributed by atoms with Crippen LogP contribution in [0.15, 0.2) is 54.7 Å². The minimum Gasteiger partial charge on any atom is -0.375 e. The van der Waals surface area contributed by atoms with Crippen LogP contribution < -0.4 is 15.5 Å². The van der Waals surface area contributed by atoms with E-state index in [4.69, 9.17) is 17.0 Å². The number of hydrogen-bond acceptors (Lipinski definition) is 4. The number of pyridine rings is 1. The molecule has 36 heavy (non-hydrogen) atoms. The van der Waals surface area contributed by atoms with E-state index in [2.05, 4.69) is 51.1 Å². The molecule has 2 atom stereocenters. The summed E-state index contributed by atoms with van der Waals surface area (Å²) in [5.74, 6) is -0.184. The van der Waals surface area contributed by atoms with E-state index >= 15 is 0 Å². The number of nitrogens with zero attached hydrogens (tertiary/aromatic N) is 3. The van der Waals surface area contributed by atoms with Crippen LogP contribution in [0.1, 0.15) is 66.5 Å². The summed E-state index contributed by atoms with van der Waals surface area (Å²) in [5, 5.41) is 7.08. The zero-order valence-electron chi connectivity index (χ0n) is 21.0. The van der Waals surface area contributed by atoms with Gasteiger partial charge in [0.05, 0.1) is 17.8 Å². The van der Waals surface area contributed by atoms with Gasteiger partial charge in [-0.3, -0.25) is 9.78 Å². The molecule has 8 heteroatoms. The minimum atomic E-state index is -0.184. The fraction of sp³-hybridized carbons (Fsp3) is 0.393. The normalized spacial score (nSPS) is 20.1. The Balaban J connectivity index is 1.54. The molecule has 0 unspecified atom stereocenters. The van der Waals surface area contributed by atoms with E-state index < -0.39 is 0 Å². The second-order valence-electron chi connectivity index (χ2n) is 9.66. The van der Waals surface area contributed by atoms with E-state index in [-0.39, 0.29) is 24.6 Å². The molecule has 188 valence electrons. The smallest absolute Gasteiger partial charge is 0.250 e. The van der Waals surface area contributed by atoms with Crippen LogP contribution in [0.5, 0.6) is 0 Å². The molecule has 2 fully saturated rings. The van der Waals surface area contributed by atoms with Crippen molar-refractivity contribution in [2.45, 2.75) is 57.7 Å². The maximum atomic E-state index is 11.9. The Morgan fingerprint density at radius 3 is 2.58 bits per heavy atom. The van der Waals surface area contributed by atoms with E-state index in [1.807, 2.05) is 42.6 Å². The van der Waals surface area contributed by atoms with Crippen LogP contribution in [-0.2, 0) is 9.53 Å². The molecule has 1 amide bonds. The third-order valence-electron chi connectivity index (χ3n) is 7.33. The Bertz CT molecular complexity index is 1230. The number of ether oxygens (including phenoxy) is 1. The molecule has 1 saturated heterocycles. The summed E-state index contributed by atoms with van der Waals surface area (Å²) in [7, 11) is 1.51. The molecule has 0 spiro atoms. The summed E-state index contributed by atoms with van der Waals surface area (Å²) < 4.78 is 7.45. The largest absolute Gasteiger partial charge is 0.375 e. The number of aryl methyl sites for hydroxylation is 1. The van der Waals surface area contributed by atoms with Gasteiger partial charge in [0.1, 0.15) is 6.61 Å². The molecular weight excluding hydrogens is 470 g/mol. The molecule has 2 N–H and O–H groups in total. The highest BCUT2D eigenvalue weighted by molar-refractivity contribution is 7.80. The van der Waals surface area contributed by atoms with Crippen molar-refractivity contribution in [2.24, 2.45) is 0 Å². The number of aromatic nitrogens is 2. The second-order valence-corrected chi connectivity index (χ2v) is 10.0. The fourth-order valence-electron chi connectivity index (χ4n) is 5.81. The van der Waals surface area contributed by atoms with Crippen LogP contribution in [0.2, 0.25) is 0 Å². The third-order valence-corrected chi connectivity index (χ3v) is 7.65. The average Bonchev–Trinajstić information content (AvgIpc) is 3.58. The van der Waals surface area contributed by atoms with Crippen LogP contribution in [0.3, 0.4) is 0 Å². The SMILES string of the molecule is COCC(=O)Nc1ccc(N2C(=S)N[C@H](c3ccccn3)[C@@H]2c2cc(C)n(C3CCCC3)c2C)cc1. The molecule has 7 nitrogen and oxygen atoms in total. The lowest BCUT2D eigenvalue weighted by atomic mass is 9.96. The number of benzene rings is 1. The number of nitrogens with one attached hydrogen (secondary N) is 2. The van der Waals surface area contributed by atoms with Crippen LogP contribution >= 0.6 is 12.2 Å². The molecule has 1 aliphatic heterocycles. The number of amides is 1. The lowest BCUT2D eigenvalue weighted by Crippen LogP contribution is -2.29. The summed E-state index contributed by atoms with van der Waals surface area (Å²) >= 11 is 5.90. The molecular formula is C28H33N5O2S.